The second-order valence-corrected chi connectivity index (χ2v) is 5.44. The molecular formula is C17H17N3S. The van der Waals surface area contributed by atoms with Crippen LogP contribution in [0.3, 0.4) is 0 Å². The molecule has 1 heterocycles. The Morgan fingerprint density at radius 1 is 1.00 bits per heavy atom. The van der Waals surface area contributed by atoms with Gasteiger partial charge in [0.05, 0.1) is 5.69 Å². The lowest BCUT2D eigenvalue weighted by molar-refractivity contribution is 0.817. The van der Waals surface area contributed by atoms with Crippen molar-refractivity contribution >= 4 is 12.2 Å². The molecule has 106 valence electrons. The van der Waals surface area contributed by atoms with Crippen molar-refractivity contribution in [3.63, 3.8) is 0 Å². The number of aromatic amines is 1. The highest BCUT2D eigenvalue weighted by Gasteiger charge is 2.10. The van der Waals surface area contributed by atoms with Gasteiger partial charge in [0, 0.05) is 6.42 Å². The average Bonchev–Trinajstić information content (AvgIpc) is 2.88. The number of para-hydroxylation sites is 1. The monoisotopic (exact) mass is 295 g/mol. The van der Waals surface area contributed by atoms with E-state index in [9.17, 15) is 0 Å². The first-order valence-corrected chi connectivity index (χ1v) is 7.43. The molecule has 3 nitrogen and oxygen atoms in total. The third-order valence-electron chi connectivity index (χ3n) is 3.58. The molecule has 3 rings (SSSR count). The fourth-order valence-corrected chi connectivity index (χ4v) is 2.71. The van der Waals surface area contributed by atoms with Crippen LogP contribution in [0.5, 0.6) is 0 Å². The predicted octanol–water partition coefficient (Wildman–Crippen LogP) is 4.02. The van der Waals surface area contributed by atoms with Crippen LogP contribution in [0.15, 0.2) is 54.6 Å². The summed E-state index contributed by atoms with van der Waals surface area (Å²) in [5.41, 5.74) is 3.60. The van der Waals surface area contributed by atoms with Crippen LogP contribution in [-0.4, -0.2) is 14.8 Å². The number of hydrogen-bond acceptors (Lipinski definition) is 2. The van der Waals surface area contributed by atoms with Crippen molar-refractivity contribution in [1.29, 1.82) is 0 Å². The van der Waals surface area contributed by atoms with E-state index >= 15 is 0 Å². The maximum Gasteiger partial charge on any atom is 0.199 e. The van der Waals surface area contributed by atoms with Gasteiger partial charge in [0.15, 0.2) is 4.77 Å². The van der Waals surface area contributed by atoms with E-state index in [2.05, 4.69) is 53.5 Å². The Kier molecular flexibility index (Phi) is 3.97. The van der Waals surface area contributed by atoms with Gasteiger partial charge in [0.1, 0.15) is 5.82 Å². The van der Waals surface area contributed by atoms with Crippen LogP contribution in [0.2, 0.25) is 0 Å². The van der Waals surface area contributed by atoms with Gasteiger partial charge in [-0.1, -0.05) is 48.5 Å². The van der Waals surface area contributed by atoms with Gasteiger partial charge in [0.2, 0.25) is 0 Å². The van der Waals surface area contributed by atoms with E-state index in [-0.39, 0.29) is 0 Å². The Morgan fingerprint density at radius 3 is 2.48 bits per heavy atom. The molecule has 4 heteroatoms. The van der Waals surface area contributed by atoms with E-state index in [1.54, 1.807) is 0 Å². The summed E-state index contributed by atoms with van der Waals surface area (Å²) in [7, 11) is 0. The average molecular weight is 295 g/mol. The summed E-state index contributed by atoms with van der Waals surface area (Å²) >= 11 is 5.39. The third kappa shape index (κ3) is 2.95. The lowest BCUT2D eigenvalue weighted by Gasteiger charge is -2.09. The number of nitrogens with zero attached hydrogens (tertiary/aromatic N) is 2. The van der Waals surface area contributed by atoms with Gasteiger partial charge >= 0.3 is 0 Å². The smallest absolute Gasteiger partial charge is 0.199 e. The summed E-state index contributed by atoms with van der Waals surface area (Å²) in [5.74, 6) is 0.971. The maximum absolute atomic E-state index is 5.39. The quantitative estimate of drug-likeness (QED) is 0.737. The Hall–Kier alpha value is -2.20. The molecule has 0 spiro atoms. The van der Waals surface area contributed by atoms with Crippen molar-refractivity contribution in [2.75, 3.05) is 0 Å². The van der Waals surface area contributed by atoms with Crippen LogP contribution < -0.4 is 0 Å². The number of rotatable bonds is 4. The first kappa shape index (κ1) is 13.8. The minimum absolute atomic E-state index is 0.646. The molecule has 3 aromatic rings. The second kappa shape index (κ2) is 6.06. The van der Waals surface area contributed by atoms with E-state index < -0.39 is 0 Å². The molecule has 0 radical (unpaired) electrons. The van der Waals surface area contributed by atoms with Gasteiger partial charge < -0.3 is 0 Å². The molecule has 0 saturated heterocycles. The number of nitrogens with one attached hydrogen (secondary N) is 1. The highest BCUT2D eigenvalue weighted by Crippen LogP contribution is 2.17. The molecule has 0 unspecified atom stereocenters. The van der Waals surface area contributed by atoms with Gasteiger partial charge in [-0.15, -0.1) is 0 Å². The standard InChI is InChI=1S/C17H17N3S/c1-13-7-5-6-10-15(13)20-16(18-19-17(20)21)12-11-14-8-3-2-4-9-14/h2-10H,11-12H2,1H3,(H,19,21). The lowest BCUT2D eigenvalue weighted by atomic mass is 10.1. The molecule has 0 atom stereocenters. The van der Waals surface area contributed by atoms with E-state index in [1.807, 2.05) is 22.8 Å². The van der Waals surface area contributed by atoms with Gasteiger partial charge in [-0.05, 0) is 42.8 Å². The molecule has 0 aliphatic rings. The van der Waals surface area contributed by atoms with E-state index in [0.29, 0.717) is 4.77 Å². The lowest BCUT2D eigenvalue weighted by Crippen LogP contribution is -2.05. The highest BCUT2D eigenvalue weighted by atomic mass is 32.1. The fourth-order valence-electron chi connectivity index (χ4n) is 2.46. The molecule has 1 aromatic heterocycles. The number of benzene rings is 2. The summed E-state index contributed by atoms with van der Waals surface area (Å²) in [6.07, 6.45) is 1.80. The van der Waals surface area contributed by atoms with Crippen LogP contribution >= 0.6 is 12.2 Å². The minimum atomic E-state index is 0.646. The molecular weight excluding hydrogens is 278 g/mol. The van der Waals surface area contributed by atoms with Crippen molar-refractivity contribution in [2.45, 2.75) is 19.8 Å². The van der Waals surface area contributed by atoms with Crippen LogP contribution in [0.4, 0.5) is 0 Å². The third-order valence-corrected chi connectivity index (χ3v) is 3.85. The van der Waals surface area contributed by atoms with Crippen molar-refractivity contribution in [1.82, 2.24) is 14.8 Å². The van der Waals surface area contributed by atoms with Crippen molar-refractivity contribution in [2.24, 2.45) is 0 Å². The first-order valence-electron chi connectivity index (χ1n) is 7.02. The molecule has 0 aliphatic carbocycles. The van der Waals surface area contributed by atoms with Gasteiger partial charge in [-0.25, -0.2) is 0 Å². The zero-order valence-corrected chi connectivity index (χ0v) is 12.7. The summed E-state index contributed by atoms with van der Waals surface area (Å²) < 4.78 is 2.68. The van der Waals surface area contributed by atoms with Gasteiger partial charge in [-0.2, -0.15) is 5.10 Å². The Morgan fingerprint density at radius 2 is 1.71 bits per heavy atom. The predicted molar refractivity (Wildman–Crippen MR) is 87.3 cm³/mol. The molecule has 0 saturated carbocycles. The van der Waals surface area contributed by atoms with Crippen LogP contribution in [0.25, 0.3) is 5.69 Å². The Labute approximate surface area is 129 Å². The summed E-state index contributed by atoms with van der Waals surface area (Å²) in [5, 5.41) is 7.31. The molecule has 0 bridgehead atoms. The summed E-state index contributed by atoms with van der Waals surface area (Å²) in [6, 6.07) is 18.7. The second-order valence-electron chi connectivity index (χ2n) is 5.05. The van der Waals surface area contributed by atoms with E-state index in [1.165, 1.54) is 11.1 Å². The SMILES string of the molecule is Cc1ccccc1-n1c(CCc2ccccc2)n[nH]c1=S. The fraction of sp³-hybridized carbons (Fsp3) is 0.176. The van der Waals surface area contributed by atoms with Crippen molar-refractivity contribution in [3.8, 4) is 5.69 Å². The van der Waals surface area contributed by atoms with Crippen LogP contribution in [0, 0.1) is 11.7 Å². The molecule has 1 N–H and O–H groups in total. The summed E-state index contributed by atoms with van der Waals surface area (Å²) in [4.78, 5) is 0. The summed E-state index contributed by atoms with van der Waals surface area (Å²) in [6.45, 7) is 2.09. The van der Waals surface area contributed by atoms with E-state index in [4.69, 9.17) is 12.2 Å². The number of aromatic nitrogens is 3. The largest absolute Gasteiger partial charge is 0.272 e. The van der Waals surface area contributed by atoms with Crippen molar-refractivity contribution in [3.05, 3.63) is 76.3 Å². The normalized spacial score (nSPS) is 10.7. The number of aryl methyl sites for hydroxylation is 3. The molecule has 21 heavy (non-hydrogen) atoms. The Bertz CT molecular complexity index is 787. The Balaban J connectivity index is 1.91. The first-order chi connectivity index (χ1) is 10.3. The topological polar surface area (TPSA) is 33.6 Å². The maximum atomic E-state index is 5.39. The molecule has 0 amide bonds. The van der Waals surface area contributed by atoms with E-state index in [0.717, 1.165) is 24.4 Å². The molecule has 0 aliphatic heterocycles. The van der Waals surface area contributed by atoms with Gasteiger partial charge in [0.25, 0.3) is 0 Å². The van der Waals surface area contributed by atoms with Crippen LogP contribution in [-0.2, 0) is 12.8 Å². The molecule has 2 aromatic carbocycles. The highest BCUT2D eigenvalue weighted by molar-refractivity contribution is 7.71. The van der Waals surface area contributed by atoms with Gasteiger partial charge in [-0.3, -0.25) is 9.67 Å². The molecule has 0 fully saturated rings. The minimum Gasteiger partial charge on any atom is -0.272 e. The number of H-pyrrole nitrogens is 1. The zero-order chi connectivity index (χ0) is 14.7. The zero-order valence-electron chi connectivity index (χ0n) is 11.9. The van der Waals surface area contributed by atoms with Crippen LogP contribution in [0.1, 0.15) is 17.0 Å². The van der Waals surface area contributed by atoms with Crippen molar-refractivity contribution < 1.29 is 0 Å². The number of hydrogen-bond donors (Lipinski definition) is 1.